The normalized spacial score (nSPS) is 11.1. The van der Waals surface area contributed by atoms with Gasteiger partial charge in [-0.2, -0.15) is 0 Å². The molecule has 0 bridgehead atoms. The Morgan fingerprint density at radius 1 is 1.21 bits per heavy atom. The molecule has 0 aliphatic rings. The van der Waals surface area contributed by atoms with E-state index in [0.29, 0.717) is 12.4 Å². The number of nitrogens with two attached hydrogens (primary N) is 1. The van der Waals surface area contributed by atoms with Gasteiger partial charge in [0.05, 0.1) is 11.0 Å². The lowest BCUT2D eigenvalue weighted by atomic mass is 10.3. The van der Waals surface area contributed by atoms with E-state index >= 15 is 0 Å². The van der Waals surface area contributed by atoms with Gasteiger partial charge in [0, 0.05) is 13.1 Å². The molecule has 0 aliphatic carbocycles. The molecule has 9 heteroatoms. The number of aromatic nitrogens is 4. The van der Waals surface area contributed by atoms with E-state index in [1.807, 2.05) is 38.1 Å². The zero-order valence-corrected chi connectivity index (χ0v) is 16.9. The van der Waals surface area contributed by atoms with Crippen LogP contribution in [-0.2, 0) is 17.9 Å². The van der Waals surface area contributed by atoms with Gasteiger partial charge < -0.3 is 15.2 Å². The third-order valence-corrected chi connectivity index (χ3v) is 4.98. The number of unbranched alkanes of at least 4 members (excludes halogenated alkanes) is 1. The summed E-state index contributed by atoms with van der Waals surface area (Å²) < 4.78 is 3.12. The van der Waals surface area contributed by atoms with Gasteiger partial charge in [-0.15, -0.1) is 0 Å². The predicted molar refractivity (Wildman–Crippen MR) is 113 cm³/mol. The van der Waals surface area contributed by atoms with Crippen molar-refractivity contribution in [1.82, 2.24) is 19.1 Å². The largest absolute Gasteiger partial charge is 0.383 e. The molecule has 1 amide bonds. The number of hydrogen-bond acceptors (Lipinski definition) is 5. The van der Waals surface area contributed by atoms with E-state index in [1.54, 1.807) is 11.5 Å². The maximum absolute atomic E-state index is 13.1. The number of likely N-dealkylation sites (N-methyl/N-ethyl adjacent to an activating group) is 1. The maximum Gasteiger partial charge on any atom is 0.330 e. The molecule has 3 rings (SSSR count). The van der Waals surface area contributed by atoms with Crippen molar-refractivity contribution >= 4 is 28.4 Å². The second kappa shape index (κ2) is 8.34. The molecule has 0 unspecified atom stereocenters. The fourth-order valence-corrected chi connectivity index (χ4v) is 3.45. The lowest BCUT2D eigenvalue weighted by molar-refractivity contribution is -0.119. The number of nitrogen functional groups attached to an aromatic ring is 1. The molecule has 0 spiro atoms. The van der Waals surface area contributed by atoms with Gasteiger partial charge in [-0.05, 0) is 32.4 Å². The highest BCUT2D eigenvalue weighted by molar-refractivity contribution is 5.96. The van der Waals surface area contributed by atoms with Crippen molar-refractivity contribution in [1.29, 1.82) is 0 Å². The van der Waals surface area contributed by atoms with E-state index in [9.17, 15) is 14.4 Å². The summed E-state index contributed by atoms with van der Waals surface area (Å²) >= 11 is 0. The van der Waals surface area contributed by atoms with Gasteiger partial charge in [0.2, 0.25) is 5.91 Å². The van der Waals surface area contributed by atoms with Gasteiger partial charge in [0.15, 0.2) is 5.69 Å². The molecule has 0 saturated carbocycles. The smallest absolute Gasteiger partial charge is 0.330 e. The van der Waals surface area contributed by atoms with Gasteiger partial charge in [-0.1, -0.05) is 25.5 Å². The van der Waals surface area contributed by atoms with Crippen LogP contribution in [0.3, 0.4) is 0 Å². The molecule has 0 fully saturated rings. The van der Waals surface area contributed by atoms with Gasteiger partial charge >= 0.3 is 5.69 Å². The number of hydrogen-bond donors (Lipinski definition) is 2. The minimum absolute atomic E-state index is 0.00710. The topological polar surface area (TPSA) is 119 Å². The molecule has 2 aromatic heterocycles. The first-order chi connectivity index (χ1) is 13.9. The minimum atomic E-state index is -0.664. The molecule has 0 aliphatic heterocycles. The molecule has 0 atom stereocenters. The Kier molecular flexibility index (Phi) is 5.86. The number of aromatic amines is 1. The lowest BCUT2D eigenvalue weighted by Crippen LogP contribution is -2.42. The monoisotopic (exact) mass is 398 g/mol. The zero-order valence-electron chi connectivity index (χ0n) is 16.9. The number of carbonyl (C=O) groups is 1. The third-order valence-electron chi connectivity index (χ3n) is 4.98. The van der Waals surface area contributed by atoms with E-state index in [4.69, 9.17) is 5.73 Å². The van der Waals surface area contributed by atoms with E-state index in [2.05, 4.69) is 9.97 Å². The first-order valence-electron chi connectivity index (χ1n) is 9.73. The SMILES string of the molecule is CCCCn1c(N)c(N(CC)C(=O)Cn2c(C)nc3ccccc32)c(=O)[nH]c1=O. The van der Waals surface area contributed by atoms with Crippen molar-refractivity contribution in [2.45, 2.75) is 46.7 Å². The number of para-hydroxylation sites is 2. The van der Waals surface area contributed by atoms with Crippen LogP contribution in [0.1, 0.15) is 32.5 Å². The number of nitrogens with one attached hydrogen (secondary N) is 1. The quantitative estimate of drug-likeness (QED) is 0.627. The summed E-state index contributed by atoms with van der Waals surface area (Å²) in [5.74, 6) is 0.400. The number of imidazole rings is 1. The Labute approximate surface area is 167 Å². The van der Waals surface area contributed by atoms with Crippen LogP contribution < -0.4 is 21.9 Å². The predicted octanol–water partition coefficient (Wildman–Crippen LogP) is 1.63. The van der Waals surface area contributed by atoms with Crippen LogP contribution in [0.4, 0.5) is 11.5 Å². The van der Waals surface area contributed by atoms with Crippen LogP contribution in [0.5, 0.6) is 0 Å². The van der Waals surface area contributed by atoms with Crippen molar-refractivity contribution in [3.8, 4) is 0 Å². The van der Waals surface area contributed by atoms with Crippen molar-refractivity contribution < 1.29 is 4.79 Å². The van der Waals surface area contributed by atoms with Crippen LogP contribution in [0.25, 0.3) is 11.0 Å². The van der Waals surface area contributed by atoms with E-state index in [1.165, 1.54) is 9.47 Å². The van der Waals surface area contributed by atoms with Crippen molar-refractivity contribution in [2.75, 3.05) is 17.2 Å². The molecule has 0 saturated heterocycles. The van der Waals surface area contributed by atoms with Crippen LogP contribution >= 0.6 is 0 Å². The molecule has 154 valence electrons. The summed E-state index contributed by atoms with van der Waals surface area (Å²) in [7, 11) is 0. The van der Waals surface area contributed by atoms with E-state index in [0.717, 1.165) is 23.9 Å². The molecular formula is C20H26N6O3. The number of anilines is 2. The number of nitrogens with zero attached hydrogens (tertiary/aromatic N) is 4. The Morgan fingerprint density at radius 2 is 1.93 bits per heavy atom. The average molecular weight is 398 g/mol. The first kappa shape index (κ1) is 20.4. The van der Waals surface area contributed by atoms with Crippen LogP contribution in [-0.4, -0.2) is 31.6 Å². The lowest BCUT2D eigenvalue weighted by Gasteiger charge is -2.23. The summed E-state index contributed by atoms with van der Waals surface area (Å²) in [6, 6.07) is 7.55. The highest BCUT2D eigenvalue weighted by Gasteiger charge is 2.24. The maximum atomic E-state index is 13.1. The molecule has 9 nitrogen and oxygen atoms in total. The molecule has 29 heavy (non-hydrogen) atoms. The van der Waals surface area contributed by atoms with E-state index < -0.39 is 11.2 Å². The van der Waals surface area contributed by atoms with Crippen molar-refractivity contribution in [3.63, 3.8) is 0 Å². The van der Waals surface area contributed by atoms with Gasteiger partial charge in [-0.3, -0.25) is 19.1 Å². The van der Waals surface area contributed by atoms with Crippen LogP contribution in [0.15, 0.2) is 33.9 Å². The first-order valence-corrected chi connectivity index (χ1v) is 9.73. The van der Waals surface area contributed by atoms with Gasteiger partial charge in [0.1, 0.15) is 18.2 Å². The number of fused-ring (bicyclic) bond motifs is 1. The van der Waals surface area contributed by atoms with Crippen molar-refractivity contribution in [3.05, 3.63) is 50.9 Å². The highest BCUT2D eigenvalue weighted by Crippen LogP contribution is 2.20. The fourth-order valence-electron chi connectivity index (χ4n) is 3.45. The minimum Gasteiger partial charge on any atom is -0.383 e. The number of amides is 1. The summed E-state index contributed by atoms with van der Waals surface area (Å²) in [5.41, 5.74) is 6.58. The van der Waals surface area contributed by atoms with Crippen LogP contribution in [0, 0.1) is 6.92 Å². The molecule has 3 aromatic rings. The number of rotatable bonds is 7. The Morgan fingerprint density at radius 3 is 2.62 bits per heavy atom. The summed E-state index contributed by atoms with van der Waals surface area (Å²) in [6.45, 7) is 6.21. The molecule has 0 radical (unpaired) electrons. The van der Waals surface area contributed by atoms with Crippen LogP contribution in [0.2, 0.25) is 0 Å². The third kappa shape index (κ3) is 3.80. The Bertz CT molecular complexity index is 1160. The average Bonchev–Trinajstić information content (AvgIpc) is 3.00. The number of benzene rings is 1. The number of aryl methyl sites for hydroxylation is 1. The number of H-pyrrole nitrogens is 1. The molecule has 3 N–H and O–H groups in total. The summed E-state index contributed by atoms with van der Waals surface area (Å²) in [5, 5.41) is 0. The summed E-state index contributed by atoms with van der Waals surface area (Å²) in [4.78, 5) is 45.9. The Hall–Kier alpha value is -3.36. The van der Waals surface area contributed by atoms with Gasteiger partial charge in [-0.25, -0.2) is 9.78 Å². The molecule has 2 heterocycles. The Balaban J connectivity index is 2.01. The standard InChI is InChI=1S/C20H26N6O3/c1-4-6-11-25-18(21)17(19(28)23-20(25)29)24(5-2)16(27)12-26-13(3)22-14-9-7-8-10-15(14)26/h7-10H,4-6,11-12,21H2,1-3H3,(H,23,28,29). The number of carbonyl (C=O) groups excluding carboxylic acids is 1. The fraction of sp³-hybridized carbons (Fsp3) is 0.400. The zero-order chi connectivity index (χ0) is 21.1. The summed E-state index contributed by atoms with van der Waals surface area (Å²) in [6.07, 6.45) is 1.60. The molecular weight excluding hydrogens is 372 g/mol. The van der Waals surface area contributed by atoms with Crippen molar-refractivity contribution in [2.24, 2.45) is 0 Å². The second-order valence-electron chi connectivity index (χ2n) is 6.87. The second-order valence-corrected chi connectivity index (χ2v) is 6.87. The molecule has 1 aromatic carbocycles. The van der Waals surface area contributed by atoms with E-state index in [-0.39, 0.29) is 30.5 Å². The highest BCUT2D eigenvalue weighted by atomic mass is 16.2. The van der Waals surface area contributed by atoms with Gasteiger partial charge in [0.25, 0.3) is 5.56 Å².